The topological polar surface area (TPSA) is 83.6 Å². The summed E-state index contributed by atoms with van der Waals surface area (Å²) in [6.07, 6.45) is 0.990. The fourth-order valence-corrected chi connectivity index (χ4v) is 3.16. The lowest BCUT2D eigenvalue weighted by Crippen LogP contribution is -2.63. The quantitative estimate of drug-likeness (QED) is 0.766. The van der Waals surface area contributed by atoms with E-state index < -0.39 is 27.2 Å². The average Bonchev–Trinajstić information content (AvgIpc) is 2.38. The minimum atomic E-state index is -3.22. The maximum atomic E-state index is 12.3. The third-order valence-corrected chi connectivity index (χ3v) is 5.89. The normalized spacial score (nSPS) is 24.1. The molecule has 2 atom stereocenters. The van der Waals surface area contributed by atoms with Crippen LogP contribution in [0.5, 0.6) is 0 Å². The molecule has 6 nitrogen and oxygen atoms in total. The van der Waals surface area contributed by atoms with E-state index in [1.54, 1.807) is 13.8 Å². The zero-order valence-electron chi connectivity index (χ0n) is 12.5. The molecule has 0 spiro atoms. The van der Waals surface area contributed by atoms with E-state index in [1.807, 2.05) is 13.8 Å². The van der Waals surface area contributed by atoms with Crippen LogP contribution in [0.25, 0.3) is 0 Å². The Kier molecular flexibility index (Phi) is 5.56. The summed E-state index contributed by atoms with van der Waals surface area (Å²) in [4.78, 5) is 25.7. The first-order valence-corrected chi connectivity index (χ1v) is 8.78. The predicted molar refractivity (Wildman–Crippen MR) is 76.9 cm³/mol. The summed E-state index contributed by atoms with van der Waals surface area (Å²) in [7, 11) is -3.22. The molecule has 0 aliphatic carbocycles. The van der Waals surface area contributed by atoms with E-state index >= 15 is 0 Å². The second kappa shape index (κ2) is 6.56. The number of sulfone groups is 1. The highest BCUT2D eigenvalue weighted by atomic mass is 32.2. The highest BCUT2D eigenvalue weighted by Gasteiger charge is 2.39. The van der Waals surface area contributed by atoms with Gasteiger partial charge in [0.1, 0.15) is 12.1 Å². The Labute approximate surface area is 120 Å². The molecule has 1 N–H and O–H groups in total. The fourth-order valence-electron chi connectivity index (χ4n) is 2.23. The molecule has 1 fully saturated rings. The van der Waals surface area contributed by atoms with Gasteiger partial charge in [-0.3, -0.25) is 9.59 Å². The van der Waals surface area contributed by atoms with Crippen molar-refractivity contribution in [3.63, 3.8) is 0 Å². The van der Waals surface area contributed by atoms with Gasteiger partial charge in [-0.2, -0.15) is 0 Å². The third-order valence-electron chi connectivity index (χ3n) is 3.71. The molecule has 1 aliphatic heterocycles. The first-order chi connectivity index (χ1) is 9.24. The number of carbonyl (C=O) groups is 2. The molecule has 7 heteroatoms. The van der Waals surface area contributed by atoms with Gasteiger partial charge in [0.25, 0.3) is 0 Å². The zero-order valence-corrected chi connectivity index (χ0v) is 13.4. The molecule has 1 saturated heterocycles. The molecule has 116 valence electrons. The van der Waals surface area contributed by atoms with E-state index in [4.69, 9.17) is 0 Å². The number of amides is 2. The van der Waals surface area contributed by atoms with Crippen LogP contribution in [0.15, 0.2) is 0 Å². The van der Waals surface area contributed by atoms with Gasteiger partial charge in [-0.25, -0.2) is 8.42 Å². The number of hydrogen-bond acceptors (Lipinski definition) is 4. The van der Waals surface area contributed by atoms with Crippen LogP contribution in [0, 0.1) is 0 Å². The van der Waals surface area contributed by atoms with Crippen LogP contribution in [0.1, 0.15) is 40.5 Å². The van der Waals surface area contributed by atoms with Gasteiger partial charge in [0.05, 0.1) is 11.0 Å². The van der Waals surface area contributed by atoms with Gasteiger partial charge in [-0.1, -0.05) is 13.8 Å². The van der Waals surface area contributed by atoms with Crippen molar-refractivity contribution in [3.8, 4) is 0 Å². The van der Waals surface area contributed by atoms with Crippen LogP contribution in [0.3, 0.4) is 0 Å². The van der Waals surface area contributed by atoms with E-state index in [-0.39, 0.29) is 24.1 Å². The maximum Gasteiger partial charge on any atom is 0.245 e. The van der Waals surface area contributed by atoms with Crippen LogP contribution in [0.4, 0.5) is 0 Å². The van der Waals surface area contributed by atoms with Crippen LogP contribution in [-0.4, -0.2) is 54.8 Å². The highest BCUT2D eigenvalue weighted by Crippen LogP contribution is 2.15. The van der Waals surface area contributed by atoms with Gasteiger partial charge < -0.3 is 10.2 Å². The first kappa shape index (κ1) is 16.9. The molecule has 1 aliphatic rings. The summed E-state index contributed by atoms with van der Waals surface area (Å²) >= 11 is 0. The fraction of sp³-hybridized carbons (Fsp3) is 0.846. The van der Waals surface area contributed by atoms with E-state index in [0.717, 1.165) is 0 Å². The van der Waals surface area contributed by atoms with Gasteiger partial charge in [-0.05, 0) is 26.7 Å². The maximum absolute atomic E-state index is 12.3. The van der Waals surface area contributed by atoms with Gasteiger partial charge in [0, 0.05) is 6.54 Å². The number of piperazine rings is 1. The minimum absolute atomic E-state index is 0.0851. The number of nitrogens with one attached hydrogen (secondary N) is 1. The van der Waals surface area contributed by atoms with Crippen molar-refractivity contribution in [2.45, 2.75) is 57.9 Å². The van der Waals surface area contributed by atoms with Crippen LogP contribution >= 0.6 is 0 Å². The zero-order chi connectivity index (χ0) is 15.5. The molecular weight excluding hydrogens is 280 g/mol. The second-order valence-corrected chi connectivity index (χ2v) is 8.02. The SMILES string of the molecule is CCC1NC(=O)C(CC)N(CCS(=O)(=O)C(C)C)C1=O. The first-order valence-electron chi connectivity index (χ1n) is 7.07. The summed E-state index contributed by atoms with van der Waals surface area (Å²) < 4.78 is 23.7. The van der Waals surface area contributed by atoms with E-state index in [2.05, 4.69) is 5.32 Å². The molecule has 20 heavy (non-hydrogen) atoms. The van der Waals surface area contributed by atoms with Crippen molar-refractivity contribution in [3.05, 3.63) is 0 Å². The average molecular weight is 304 g/mol. The molecular formula is C13H24N2O4S. The van der Waals surface area contributed by atoms with Crippen molar-refractivity contribution in [1.29, 1.82) is 0 Å². The smallest absolute Gasteiger partial charge is 0.245 e. The largest absolute Gasteiger partial charge is 0.343 e. The Bertz CT molecular complexity index is 473. The summed E-state index contributed by atoms with van der Waals surface area (Å²) in [5, 5.41) is 2.21. The van der Waals surface area contributed by atoms with Crippen molar-refractivity contribution < 1.29 is 18.0 Å². The molecule has 0 saturated carbocycles. The second-order valence-electron chi connectivity index (χ2n) is 5.34. The molecule has 0 aromatic heterocycles. The molecule has 1 heterocycles. The lowest BCUT2D eigenvalue weighted by Gasteiger charge is -2.38. The lowest BCUT2D eigenvalue weighted by molar-refractivity contribution is -0.149. The van der Waals surface area contributed by atoms with Crippen LogP contribution in [-0.2, 0) is 19.4 Å². The summed E-state index contributed by atoms with van der Waals surface area (Å²) in [6.45, 7) is 6.95. The van der Waals surface area contributed by atoms with E-state index in [0.29, 0.717) is 12.8 Å². The summed E-state index contributed by atoms with van der Waals surface area (Å²) in [5.41, 5.74) is 0. The Morgan fingerprint density at radius 1 is 1.20 bits per heavy atom. The standard InChI is InChI=1S/C13H24N2O4S/c1-5-10-13(17)15(11(6-2)12(16)14-10)7-8-20(18,19)9(3)4/h9-11H,5-8H2,1-4H3,(H,14,16). The van der Waals surface area contributed by atoms with Gasteiger partial charge in [0.15, 0.2) is 9.84 Å². The molecule has 0 aromatic carbocycles. The minimum Gasteiger partial charge on any atom is -0.343 e. The number of rotatable bonds is 6. The van der Waals surface area contributed by atoms with Crippen molar-refractivity contribution in [2.24, 2.45) is 0 Å². The van der Waals surface area contributed by atoms with Crippen LogP contribution < -0.4 is 5.32 Å². The molecule has 2 unspecified atom stereocenters. The molecule has 0 aromatic rings. The van der Waals surface area contributed by atoms with Gasteiger partial charge in [0.2, 0.25) is 11.8 Å². The van der Waals surface area contributed by atoms with Gasteiger partial charge in [-0.15, -0.1) is 0 Å². The van der Waals surface area contributed by atoms with E-state index in [1.165, 1.54) is 4.90 Å². The molecule has 1 rings (SSSR count). The third kappa shape index (κ3) is 3.50. The monoisotopic (exact) mass is 304 g/mol. The number of hydrogen-bond donors (Lipinski definition) is 1. The Balaban J connectivity index is 2.87. The highest BCUT2D eigenvalue weighted by molar-refractivity contribution is 7.92. The van der Waals surface area contributed by atoms with Gasteiger partial charge >= 0.3 is 0 Å². The lowest BCUT2D eigenvalue weighted by atomic mass is 10.0. The van der Waals surface area contributed by atoms with Crippen molar-refractivity contribution >= 4 is 21.7 Å². The molecule has 2 amide bonds. The Morgan fingerprint density at radius 2 is 1.80 bits per heavy atom. The van der Waals surface area contributed by atoms with Crippen LogP contribution in [0.2, 0.25) is 0 Å². The summed E-state index contributed by atoms with van der Waals surface area (Å²) in [6, 6.07) is -1.10. The Morgan fingerprint density at radius 3 is 2.25 bits per heavy atom. The van der Waals surface area contributed by atoms with Crippen molar-refractivity contribution in [2.75, 3.05) is 12.3 Å². The number of carbonyl (C=O) groups excluding carboxylic acids is 2. The molecule has 0 radical (unpaired) electrons. The van der Waals surface area contributed by atoms with Crippen molar-refractivity contribution in [1.82, 2.24) is 10.2 Å². The Hall–Kier alpha value is -1.11. The van der Waals surface area contributed by atoms with E-state index in [9.17, 15) is 18.0 Å². The predicted octanol–water partition coefficient (Wildman–Crippen LogP) is 0.325. The number of nitrogens with zero attached hydrogens (tertiary/aromatic N) is 1. The summed E-state index contributed by atoms with van der Waals surface area (Å²) in [5.74, 6) is -0.477. The molecule has 0 bridgehead atoms.